The van der Waals surface area contributed by atoms with Crippen molar-refractivity contribution in [2.24, 2.45) is 0 Å². The smallest absolute Gasteiger partial charge is 0.230 e. The summed E-state index contributed by atoms with van der Waals surface area (Å²) >= 11 is 3.41. The van der Waals surface area contributed by atoms with Crippen molar-refractivity contribution in [3.05, 3.63) is 64.1 Å². The van der Waals surface area contributed by atoms with Crippen molar-refractivity contribution in [3.8, 4) is 0 Å². The molecule has 0 radical (unpaired) electrons. The fourth-order valence-corrected chi connectivity index (χ4v) is 3.81. The second-order valence-electron chi connectivity index (χ2n) is 7.25. The highest BCUT2D eigenvalue weighted by Crippen LogP contribution is 2.28. The van der Waals surface area contributed by atoms with Gasteiger partial charge in [0.15, 0.2) is 0 Å². The molecule has 0 aromatic heterocycles. The van der Waals surface area contributed by atoms with Crippen molar-refractivity contribution in [2.75, 3.05) is 12.4 Å². The van der Waals surface area contributed by atoms with E-state index in [9.17, 15) is 4.79 Å². The molecule has 0 saturated heterocycles. The number of amides is 1. The van der Waals surface area contributed by atoms with Crippen LogP contribution in [0.1, 0.15) is 37.4 Å². The molecule has 1 unspecified atom stereocenters. The Morgan fingerprint density at radius 2 is 1.88 bits per heavy atom. The van der Waals surface area contributed by atoms with Gasteiger partial charge in [-0.25, -0.2) is 0 Å². The quantitative estimate of drug-likeness (QED) is 0.831. The van der Waals surface area contributed by atoms with E-state index in [1.165, 1.54) is 16.0 Å². The molecule has 126 valence electrons. The van der Waals surface area contributed by atoms with Crippen molar-refractivity contribution in [1.82, 2.24) is 0 Å². The van der Waals surface area contributed by atoms with Crippen molar-refractivity contribution >= 4 is 27.5 Å². The number of carbonyl (C=O) groups is 1. The maximum atomic E-state index is 12.6. The fraction of sp³-hybridized carbons (Fsp3) is 0.350. The summed E-state index contributed by atoms with van der Waals surface area (Å²) in [5.74, 6) is 0.0641. The number of anilines is 1. The van der Waals surface area contributed by atoms with Gasteiger partial charge >= 0.3 is 0 Å². The van der Waals surface area contributed by atoms with Crippen LogP contribution in [0.3, 0.4) is 0 Å². The van der Waals surface area contributed by atoms with Crippen LogP contribution < -0.4 is 10.2 Å². The molecule has 24 heavy (non-hydrogen) atoms. The minimum Gasteiger partial charge on any atom is -0.326 e. The zero-order chi connectivity index (χ0) is 17.3. The first-order chi connectivity index (χ1) is 11.4. The lowest BCUT2D eigenvalue weighted by Gasteiger charge is -2.43. The highest BCUT2D eigenvalue weighted by Gasteiger charge is 2.41. The molecular weight excluding hydrogens is 364 g/mol. The van der Waals surface area contributed by atoms with Crippen molar-refractivity contribution in [1.29, 1.82) is 0 Å². The number of fused-ring (bicyclic) bond motifs is 1. The Morgan fingerprint density at radius 3 is 2.58 bits per heavy atom. The minimum atomic E-state index is 0.0641. The molecule has 0 saturated carbocycles. The van der Waals surface area contributed by atoms with Crippen molar-refractivity contribution in [3.63, 3.8) is 0 Å². The molecule has 4 heteroatoms. The van der Waals surface area contributed by atoms with Gasteiger partial charge in [-0.15, -0.1) is 0 Å². The summed E-state index contributed by atoms with van der Waals surface area (Å²) in [5, 5.41) is 3.02. The molecule has 2 aromatic rings. The molecule has 0 fully saturated rings. The van der Waals surface area contributed by atoms with Gasteiger partial charge in [0.05, 0.1) is 19.0 Å². The maximum Gasteiger partial charge on any atom is 0.230 e. The lowest BCUT2D eigenvalue weighted by Crippen LogP contribution is -3.18. The van der Waals surface area contributed by atoms with Gasteiger partial charge in [-0.05, 0) is 43.7 Å². The van der Waals surface area contributed by atoms with Crippen LogP contribution in [-0.2, 0) is 11.2 Å². The van der Waals surface area contributed by atoms with Crippen LogP contribution >= 0.6 is 15.9 Å². The molecule has 2 N–H and O–H groups in total. The first kappa shape index (κ1) is 17.2. The number of benzene rings is 2. The lowest BCUT2D eigenvalue weighted by molar-refractivity contribution is -0.962. The molecule has 1 heterocycles. The summed E-state index contributed by atoms with van der Waals surface area (Å²) in [4.78, 5) is 14.0. The summed E-state index contributed by atoms with van der Waals surface area (Å²) in [6, 6.07) is 16.4. The number of likely N-dealkylation sites (N-methyl/N-ethyl adjacent to an activating group) is 1. The second-order valence-corrected chi connectivity index (χ2v) is 8.17. The topological polar surface area (TPSA) is 33.5 Å². The van der Waals surface area contributed by atoms with E-state index in [4.69, 9.17) is 0 Å². The Labute approximate surface area is 152 Å². The summed E-state index contributed by atoms with van der Waals surface area (Å²) in [5.41, 5.74) is 3.63. The van der Waals surface area contributed by atoms with Crippen LogP contribution in [0, 0.1) is 0 Å². The van der Waals surface area contributed by atoms with Gasteiger partial charge < -0.3 is 10.2 Å². The molecule has 3 rings (SSSR count). The number of hydrogen-bond donors (Lipinski definition) is 2. The summed E-state index contributed by atoms with van der Waals surface area (Å²) in [7, 11) is 2.20. The van der Waals surface area contributed by atoms with Gasteiger partial charge in [0.2, 0.25) is 5.91 Å². The van der Waals surface area contributed by atoms with E-state index in [1.807, 2.05) is 24.3 Å². The Balaban J connectivity index is 1.80. The van der Waals surface area contributed by atoms with E-state index in [2.05, 4.69) is 66.4 Å². The average Bonchev–Trinajstić information content (AvgIpc) is 2.54. The predicted octanol–water partition coefficient (Wildman–Crippen LogP) is 3.37. The third-order valence-electron chi connectivity index (χ3n) is 5.17. The van der Waals surface area contributed by atoms with Crippen LogP contribution in [-0.4, -0.2) is 18.5 Å². The third kappa shape index (κ3) is 3.55. The largest absolute Gasteiger partial charge is 0.326 e. The molecule has 1 aliphatic heterocycles. The Bertz CT molecular complexity index is 740. The average molecular weight is 388 g/mol. The number of rotatable bonds is 3. The molecular formula is C20H24BrN2O+. The second kappa shape index (κ2) is 6.69. The number of hydrogen-bond acceptors (Lipinski definition) is 1. The van der Waals surface area contributed by atoms with E-state index in [0.29, 0.717) is 6.42 Å². The predicted molar refractivity (Wildman–Crippen MR) is 101 cm³/mol. The van der Waals surface area contributed by atoms with E-state index >= 15 is 0 Å². The minimum absolute atomic E-state index is 0.0641. The van der Waals surface area contributed by atoms with Gasteiger partial charge in [-0.3, -0.25) is 4.79 Å². The Morgan fingerprint density at radius 1 is 1.21 bits per heavy atom. The number of nitrogens with one attached hydrogen (secondary N) is 2. The first-order valence-electron chi connectivity index (χ1n) is 8.34. The number of carbonyl (C=O) groups excluding carboxylic acids is 1. The van der Waals surface area contributed by atoms with E-state index < -0.39 is 0 Å². The first-order valence-corrected chi connectivity index (χ1v) is 9.13. The number of quaternary nitrogens is 1. The molecule has 0 spiro atoms. The Hall–Kier alpha value is -1.65. The summed E-state index contributed by atoms with van der Waals surface area (Å²) < 4.78 is 1.01. The SMILES string of the molecule is C[NH+]1[C@@H](CC(=O)Nc2ccc(Br)cc2)c2ccccc2CC1(C)C. The van der Waals surface area contributed by atoms with E-state index in [0.717, 1.165) is 16.6 Å². The summed E-state index contributed by atoms with van der Waals surface area (Å²) in [6.07, 6.45) is 1.53. The van der Waals surface area contributed by atoms with Crippen molar-refractivity contribution in [2.45, 2.75) is 38.3 Å². The van der Waals surface area contributed by atoms with Gasteiger partial charge in [-0.2, -0.15) is 0 Å². The summed E-state index contributed by atoms with van der Waals surface area (Å²) in [6.45, 7) is 4.55. The monoisotopic (exact) mass is 387 g/mol. The maximum absolute atomic E-state index is 12.6. The van der Waals surface area contributed by atoms with Gasteiger partial charge in [0.1, 0.15) is 6.04 Å². The van der Waals surface area contributed by atoms with Gasteiger partial charge in [0, 0.05) is 22.1 Å². The molecule has 2 aromatic carbocycles. The highest BCUT2D eigenvalue weighted by atomic mass is 79.9. The lowest BCUT2D eigenvalue weighted by atomic mass is 9.81. The van der Waals surface area contributed by atoms with Crippen LogP contribution in [0.25, 0.3) is 0 Å². The molecule has 2 atom stereocenters. The number of halogens is 1. The Kier molecular flexibility index (Phi) is 4.79. The van der Waals surface area contributed by atoms with Gasteiger partial charge in [-0.1, -0.05) is 40.2 Å². The van der Waals surface area contributed by atoms with E-state index in [1.54, 1.807) is 0 Å². The van der Waals surface area contributed by atoms with Crippen LogP contribution in [0.2, 0.25) is 0 Å². The normalized spacial score (nSPS) is 21.8. The van der Waals surface area contributed by atoms with Crippen LogP contribution in [0.5, 0.6) is 0 Å². The van der Waals surface area contributed by atoms with Crippen LogP contribution in [0.4, 0.5) is 5.69 Å². The third-order valence-corrected chi connectivity index (χ3v) is 5.70. The van der Waals surface area contributed by atoms with Crippen molar-refractivity contribution < 1.29 is 9.69 Å². The molecule has 0 bridgehead atoms. The van der Waals surface area contributed by atoms with Crippen LogP contribution in [0.15, 0.2) is 53.0 Å². The van der Waals surface area contributed by atoms with Gasteiger partial charge in [0.25, 0.3) is 0 Å². The standard InChI is InChI=1S/C20H23BrN2O/c1-20(2)13-14-6-4-5-7-17(14)18(23(20)3)12-19(24)22-16-10-8-15(21)9-11-16/h4-11,18H,12-13H2,1-3H3,(H,22,24)/p+1/t18-/m0/s1. The molecule has 1 amide bonds. The fourth-order valence-electron chi connectivity index (χ4n) is 3.55. The zero-order valence-electron chi connectivity index (χ0n) is 14.4. The van der Waals surface area contributed by atoms with E-state index in [-0.39, 0.29) is 17.5 Å². The molecule has 0 aliphatic carbocycles. The molecule has 1 aliphatic rings. The molecule has 3 nitrogen and oxygen atoms in total. The highest BCUT2D eigenvalue weighted by molar-refractivity contribution is 9.10. The zero-order valence-corrected chi connectivity index (χ0v) is 16.0.